The van der Waals surface area contributed by atoms with E-state index in [0.29, 0.717) is 5.69 Å². The molecule has 3 aromatic carbocycles. The number of benzene rings is 3. The molecule has 0 heterocycles. The lowest BCUT2D eigenvalue weighted by Crippen LogP contribution is -2.29. The summed E-state index contributed by atoms with van der Waals surface area (Å²) in [6.45, 7) is 1.61. The summed E-state index contributed by atoms with van der Waals surface area (Å²) in [6.07, 6.45) is -3.55. The molecular weight excluding hydrogens is 505 g/mol. The molecule has 3 aromatic rings. The fraction of sp³-hybridized carbons (Fsp3) is 0.208. The van der Waals surface area contributed by atoms with Crippen LogP contribution in [0.2, 0.25) is 5.02 Å². The zero-order chi connectivity index (χ0) is 25.8. The molecule has 0 fully saturated rings. The smallest absolute Gasteiger partial charge is 0.417 e. The van der Waals surface area contributed by atoms with Gasteiger partial charge in [-0.1, -0.05) is 41.4 Å². The van der Waals surface area contributed by atoms with Crippen LogP contribution < -0.4 is 14.4 Å². The van der Waals surface area contributed by atoms with E-state index in [0.717, 1.165) is 29.5 Å². The van der Waals surface area contributed by atoms with E-state index < -0.39 is 39.3 Å². The van der Waals surface area contributed by atoms with Gasteiger partial charge < -0.3 is 10.1 Å². The number of amides is 1. The number of alkyl halides is 3. The van der Waals surface area contributed by atoms with Gasteiger partial charge in [-0.15, -0.1) is 0 Å². The van der Waals surface area contributed by atoms with Gasteiger partial charge in [0.2, 0.25) is 10.0 Å². The number of carbonyl (C=O) groups is 1. The van der Waals surface area contributed by atoms with Crippen molar-refractivity contribution in [2.45, 2.75) is 19.6 Å². The number of nitrogens with zero attached hydrogens (tertiary/aromatic N) is 1. The second kappa shape index (κ2) is 10.6. The molecule has 0 aliphatic rings. The van der Waals surface area contributed by atoms with E-state index in [-0.39, 0.29) is 18.0 Å². The SMILES string of the molecule is Cc1ccc(CN(c2ccc(OCC(=O)Nc3ccc(Cl)c(C(F)(F)F)c3)cc2)S(C)(=O)=O)cc1. The van der Waals surface area contributed by atoms with Crippen molar-refractivity contribution in [1.82, 2.24) is 0 Å². The lowest BCUT2D eigenvalue weighted by molar-refractivity contribution is -0.137. The number of sulfonamides is 1. The van der Waals surface area contributed by atoms with Crippen LogP contribution in [0.15, 0.2) is 66.7 Å². The van der Waals surface area contributed by atoms with Crippen molar-refractivity contribution in [3.05, 3.63) is 88.4 Å². The number of nitrogens with one attached hydrogen (secondary N) is 1. The van der Waals surface area contributed by atoms with E-state index >= 15 is 0 Å². The number of hydrogen-bond donors (Lipinski definition) is 1. The van der Waals surface area contributed by atoms with E-state index in [9.17, 15) is 26.4 Å². The zero-order valence-electron chi connectivity index (χ0n) is 18.8. The third-order valence-electron chi connectivity index (χ3n) is 4.90. The zero-order valence-corrected chi connectivity index (χ0v) is 20.3. The number of hydrogen-bond acceptors (Lipinski definition) is 4. The first kappa shape index (κ1) is 26.4. The maximum absolute atomic E-state index is 13.0. The van der Waals surface area contributed by atoms with Crippen LogP contribution in [0.3, 0.4) is 0 Å². The van der Waals surface area contributed by atoms with Crippen molar-refractivity contribution in [3.63, 3.8) is 0 Å². The molecule has 1 amide bonds. The topological polar surface area (TPSA) is 75.7 Å². The van der Waals surface area contributed by atoms with Crippen molar-refractivity contribution in [1.29, 1.82) is 0 Å². The Balaban J connectivity index is 1.64. The molecule has 35 heavy (non-hydrogen) atoms. The average molecular weight is 527 g/mol. The highest BCUT2D eigenvalue weighted by Crippen LogP contribution is 2.36. The standard InChI is InChI=1S/C24H22ClF3N2O4S/c1-16-3-5-17(6-4-16)14-30(35(2,32)33)19-8-10-20(11-9-19)34-15-23(31)29-18-7-12-22(25)21(13-18)24(26,27)28/h3-13H,14-15H2,1-2H3,(H,29,31). The Kier molecular flexibility index (Phi) is 7.97. The van der Waals surface area contributed by atoms with Gasteiger partial charge in [-0.05, 0) is 55.0 Å². The minimum Gasteiger partial charge on any atom is -0.484 e. The van der Waals surface area contributed by atoms with E-state index in [1.165, 1.54) is 34.6 Å². The number of rotatable bonds is 8. The van der Waals surface area contributed by atoms with Crippen LogP contribution in [-0.2, 0) is 27.5 Å². The number of ether oxygens (including phenoxy) is 1. The molecule has 0 bridgehead atoms. The van der Waals surface area contributed by atoms with Crippen molar-refractivity contribution in [2.24, 2.45) is 0 Å². The van der Waals surface area contributed by atoms with Crippen LogP contribution in [0.1, 0.15) is 16.7 Å². The van der Waals surface area contributed by atoms with Gasteiger partial charge in [0.05, 0.1) is 29.1 Å². The summed E-state index contributed by atoms with van der Waals surface area (Å²) < 4.78 is 70.2. The van der Waals surface area contributed by atoms with Crippen LogP contribution in [0.5, 0.6) is 5.75 Å². The first-order chi connectivity index (χ1) is 16.3. The molecule has 186 valence electrons. The predicted molar refractivity (Wildman–Crippen MR) is 129 cm³/mol. The number of carbonyl (C=O) groups excluding carboxylic acids is 1. The molecule has 0 saturated heterocycles. The average Bonchev–Trinajstić information content (AvgIpc) is 2.77. The highest BCUT2D eigenvalue weighted by molar-refractivity contribution is 7.92. The van der Waals surface area contributed by atoms with Gasteiger partial charge in [-0.2, -0.15) is 13.2 Å². The summed E-state index contributed by atoms with van der Waals surface area (Å²) in [5.74, 6) is -0.401. The van der Waals surface area contributed by atoms with Gasteiger partial charge in [0.25, 0.3) is 5.91 Å². The first-order valence-electron chi connectivity index (χ1n) is 10.3. The second-order valence-electron chi connectivity index (χ2n) is 7.78. The van der Waals surface area contributed by atoms with E-state index in [4.69, 9.17) is 16.3 Å². The van der Waals surface area contributed by atoms with Crippen LogP contribution in [-0.4, -0.2) is 27.2 Å². The summed E-state index contributed by atoms with van der Waals surface area (Å²) >= 11 is 5.57. The summed E-state index contributed by atoms with van der Waals surface area (Å²) in [6, 6.07) is 16.6. The van der Waals surface area contributed by atoms with Crippen LogP contribution >= 0.6 is 11.6 Å². The second-order valence-corrected chi connectivity index (χ2v) is 10.1. The molecule has 0 saturated carbocycles. The first-order valence-corrected chi connectivity index (χ1v) is 12.5. The van der Waals surface area contributed by atoms with E-state index in [2.05, 4.69) is 5.32 Å². The minimum atomic E-state index is -4.66. The van der Waals surface area contributed by atoms with Gasteiger partial charge in [-0.3, -0.25) is 9.10 Å². The van der Waals surface area contributed by atoms with Crippen molar-refractivity contribution in [2.75, 3.05) is 22.5 Å². The normalized spacial score (nSPS) is 11.7. The summed E-state index contributed by atoms with van der Waals surface area (Å²) in [7, 11) is -3.58. The molecule has 1 N–H and O–H groups in total. The third kappa shape index (κ3) is 7.37. The monoisotopic (exact) mass is 526 g/mol. The Bertz CT molecular complexity index is 1300. The summed E-state index contributed by atoms with van der Waals surface area (Å²) in [5, 5.41) is 1.85. The molecular formula is C24H22ClF3N2O4S. The van der Waals surface area contributed by atoms with Gasteiger partial charge in [0.15, 0.2) is 6.61 Å². The maximum atomic E-state index is 13.0. The van der Waals surface area contributed by atoms with Gasteiger partial charge >= 0.3 is 6.18 Å². The lowest BCUT2D eigenvalue weighted by Gasteiger charge is -2.23. The molecule has 0 aromatic heterocycles. The highest BCUT2D eigenvalue weighted by Gasteiger charge is 2.33. The molecule has 3 rings (SSSR count). The van der Waals surface area contributed by atoms with E-state index in [1.54, 1.807) is 0 Å². The van der Waals surface area contributed by atoms with Crippen molar-refractivity contribution in [3.8, 4) is 5.75 Å². The molecule has 0 unspecified atom stereocenters. The van der Waals surface area contributed by atoms with Gasteiger partial charge in [0, 0.05) is 5.69 Å². The van der Waals surface area contributed by atoms with Gasteiger partial charge in [-0.25, -0.2) is 8.42 Å². The number of anilines is 2. The van der Waals surface area contributed by atoms with E-state index in [1.807, 2.05) is 31.2 Å². The Morgan fingerprint density at radius 2 is 1.66 bits per heavy atom. The Morgan fingerprint density at radius 3 is 2.23 bits per heavy atom. The Morgan fingerprint density at radius 1 is 1.03 bits per heavy atom. The molecule has 0 spiro atoms. The summed E-state index contributed by atoms with van der Waals surface area (Å²) in [5.41, 5.74) is 1.14. The summed E-state index contributed by atoms with van der Waals surface area (Å²) in [4.78, 5) is 12.1. The van der Waals surface area contributed by atoms with Gasteiger partial charge in [0.1, 0.15) is 5.75 Å². The van der Waals surface area contributed by atoms with Crippen molar-refractivity contribution >= 4 is 38.9 Å². The fourth-order valence-corrected chi connectivity index (χ4v) is 4.25. The largest absolute Gasteiger partial charge is 0.484 e. The maximum Gasteiger partial charge on any atom is 0.417 e. The minimum absolute atomic E-state index is 0.0782. The fourth-order valence-electron chi connectivity index (χ4n) is 3.13. The van der Waals surface area contributed by atoms with Crippen LogP contribution in [0.25, 0.3) is 0 Å². The molecule has 0 aliphatic carbocycles. The quantitative estimate of drug-likeness (QED) is 0.411. The van der Waals surface area contributed by atoms with Crippen LogP contribution in [0, 0.1) is 6.92 Å². The predicted octanol–water partition coefficient (Wildman–Crippen LogP) is 5.65. The molecule has 0 radical (unpaired) electrons. The third-order valence-corrected chi connectivity index (χ3v) is 6.37. The molecule has 0 atom stereocenters. The van der Waals surface area contributed by atoms with Crippen molar-refractivity contribution < 1.29 is 31.1 Å². The molecule has 11 heteroatoms. The lowest BCUT2D eigenvalue weighted by atomic mass is 10.1. The number of halogens is 4. The highest BCUT2D eigenvalue weighted by atomic mass is 35.5. The molecule has 0 aliphatic heterocycles. The Hall–Kier alpha value is -3.24. The van der Waals surface area contributed by atoms with Crippen LogP contribution in [0.4, 0.5) is 24.5 Å². The molecule has 6 nitrogen and oxygen atoms in total. The Labute approximate surface area is 206 Å². The number of aryl methyl sites for hydroxylation is 1.